The topological polar surface area (TPSA) is 113 Å². The van der Waals surface area contributed by atoms with Gasteiger partial charge in [0.15, 0.2) is 6.23 Å². The lowest BCUT2D eigenvalue weighted by atomic mass is 10.0. The molecule has 2 heterocycles. The van der Waals surface area contributed by atoms with Gasteiger partial charge in [-0.3, -0.25) is 19.3 Å². The molecule has 2 saturated heterocycles. The summed E-state index contributed by atoms with van der Waals surface area (Å²) in [6.45, 7) is 5.88. The van der Waals surface area contributed by atoms with Crippen LogP contribution in [0.5, 0.6) is 0 Å². The SMILES string of the molecule is CC[C@H](C)[C@H](SC(=O)c1ccccc1)C(=O)N[C@H]1CC[C@@H](C)[C@H]2SC[C@@H](OC(=O)O)N2C1=O. The highest BCUT2D eigenvalue weighted by Gasteiger charge is 2.47. The van der Waals surface area contributed by atoms with Crippen molar-refractivity contribution < 1.29 is 29.0 Å². The number of amides is 2. The molecule has 2 fully saturated rings. The number of rotatable bonds is 7. The second kappa shape index (κ2) is 11.3. The van der Waals surface area contributed by atoms with E-state index < -0.39 is 23.7 Å². The summed E-state index contributed by atoms with van der Waals surface area (Å²) >= 11 is 2.48. The van der Waals surface area contributed by atoms with Crippen molar-refractivity contribution in [3.63, 3.8) is 0 Å². The first-order valence-electron chi connectivity index (χ1n) is 11.1. The average molecular weight is 495 g/mol. The molecule has 0 aromatic heterocycles. The van der Waals surface area contributed by atoms with Crippen LogP contribution in [-0.4, -0.2) is 61.7 Å². The number of benzene rings is 1. The Morgan fingerprint density at radius 3 is 2.61 bits per heavy atom. The van der Waals surface area contributed by atoms with Gasteiger partial charge < -0.3 is 15.2 Å². The number of fused-ring (bicyclic) bond motifs is 1. The Morgan fingerprint density at radius 2 is 1.97 bits per heavy atom. The van der Waals surface area contributed by atoms with E-state index in [0.29, 0.717) is 30.6 Å². The third kappa shape index (κ3) is 6.03. The van der Waals surface area contributed by atoms with Crippen molar-refractivity contribution in [2.24, 2.45) is 11.8 Å². The minimum Gasteiger partial charge on any atom is -0.450 e. The monoisotopic (exact) mass is 494 g/mol. The van der Waals surface area contributed by atoms with Crippen LogP contribution in [0.4, 0.5) is 4.79 Å². The van der Waals surface area contributed by atoms with Crippen LogP contribution in [0.15, 0.2) is 30.3 Å². The summed E-state index contributed by atoms with van der Waals surface area (Å²) < 4.78 is 4.95. The molecule has 1 aromatic rings. The molecular formula is C23H30N2O6S2. The number of carbonyl (C=O) groups excluding carboxylic acids is 3. The molecule has 2 amide bonds. The third-order valence-electron chi connectivity index (χ3n) is 6.16. The Hall–Kier alpha value is -2.20. The highest BCUT2D eigenvalue weighted by molar-refractivity contribution is 8.15. The van der Waals surface area contributed by atoms with Crippen LogP contribution in [0.2, 0.25) is 0 Å². The Kier molecular flexibility index (Phi) is 8.69. The molecule has 0 bridgehead atoms. The number of ether oxygens (including phenoxy) is 1. The van der Waals surface area contributed by atoms with E-state index in [1.807, 2.05) is 26.8 Å². The first-order valence-corrected chi connectivity index (χ1v) is 13.1. The van der Waals surface area contributed by atoms with Crippen molar-refractivity contribution in [3.05, 3.63) is 35.9 Å². The van der Waals surface area contributed by atoms with Gasteiger partial charge in [-0.05, 0) is 24.7 Å². The summed E-state index contributed by atoms with van der Waals surface area (Å²) in [7, 11) is 0. The molecule has 0 saturated carbocycles. The second-order valence-electron chi connectivity index (χ2n) is 8.50. The predicted octanol–water partition coefficient (Wildman–Crippen LogP) is 3.81. The fraction of sp³-hybridized carbons (Fsp3) is 0.565. The first-order chi connectivity index (χ1) is 15.7. The summed E-state index contributed by atoms with van der Waals surface area (Å²) in [6.07, 6.45) is -0.455. The van der Waals surface area contributed by atoms with Crippen molar-refractivity contribution >= 4 is 46.6 Å². The quantitative estimate of drug-likeness (QED) is 0.550. The fourth-order valence-corrected chi connectivity index (χ4v) is 6.64. The lowest BCUT2D eigenvalue weighted by Crippen LogP contribution is -2.54. The van der Waals surface area contributed by atoms with Gasteiger partial charge in [0.25, 0.3) is 0 Å². The van der Waals surface area contributed by atoms with Gasteiger partial charge in [0, 0.05) is 5.56 Å². The number of thioether (sulfide) groups is 2. The number of carbonyl (C=O) groups is 4. The van der Waals surface area contributed by atoms with Gasteiger partial charge in [-0.15, -0.1) is 11.8 Å². The Morgan fingerprint density at radius 1 is 1.27 bits per heavy atom. The van der Waals surface area contributed by atoms with Crippen molar-refractivity contribution in [2.45, 2.75) is 62.9 Å². The van der Waals surface area contributed by atoms with Crippen LogP contribution >= 0.6 is 23.5 Å². The molecule has 0 spiro atoms. The van der Waals surface area contributed by atoms with Crippen molar-refractivity contribution in [3.8, 4) is 0 Å². The van der Waals surface area contributed by atoms with Crippen molar-refractivity contribution in [1.82, 2.24) is 10.2 Å². The van der Waals surface area contributed by atoms with Crippen LogP contribution < -0.4 is 5.32 Å². The van der Waals surface area contributed by atoms with Crippen LogP contribution in [0.1, 0.15) is 50.4 Å². The zero-order valence-electron chi connectivity index (χ0n) is 18.9. The Labute approximate surface area is 202 Å². The minimum atomic E-state index is -1.43. The number of nitrogens with zero attached hydrogens (tertiary/aromatic N) is 1. The molecule has 10 heteroatoms. The molecule has 33 heavy (non-hydrogen) atoms. The maximum Gasteiger partial charge on any atom is 0.507 e. The standard InChI is InChI=1S/C23H30N2O6S2/c1-4-13(2)18(33-22(28)15-8-6-5-7-9-15)19(26)24-16-11-10-14(3)21-25(20(16)27)17(12-32-21)31-23(29)30/h5-9,13-14,16-18,21H,4,10-12H2,1-3H3,(H,24,26)(H,29,30)/t13-,14+,16-,17+,18-,21+/m0/s1. The van der Waals surface area contributed by atoms with Crippen molar-refractivity contribution in [2.75, 3.05) is 5.75 Å². The van der Waals surface area contributed by atoms with Gasteiger partial charge in [0.05, 0.1) is 16.4 Å². The summed E-state index contributed by atoms with van der Waals surface area (Å²) in [5, 5.41) is 10.9. The number of carboxylic acid groups (broad SMARTS) is 1. The van der Waals surface area contributed by atoms with E-state index >= 15 is 0 Å². The molecule has 1 aromatic carbocycles. The van der Waals surface area contributed by atoms with Crippen LogP contribution in [-0.2, 0) is 14.3 Å². The predicted molar refractivity (Wildman–Crippen MR) is 128 cm³/mol. The maximum absolute atomic E-state index is 13.4. The van der Waals surface area contributed by atoms with E-state index in [1.54, 1.807) is 24.3 Å². The number of nitrogens with one attached hydrogen (secondary N) is 1. The summed E-state index contributed by atoms with van der Waals surface area (Å²) in [6, 6.07) is 8.01. The average Bonchev–Trinajstić information content (AvgIpc) is 3.17. The first kappa shape index (κ1) is 25.4. The molecule has 3 rings (SSSR count). The van der Waals surface area contributed by atoms with Crippen LogP contribution in [0.25, 0.3) is 0 Å². The van der Waals surface area contributed by atoms with Gasteiger partial charge in [-0.2, -0.15) is 0 Å². The third-order valence-corrected chi connectivity index (χ3v) is 9.05. The summed E-state index contributed by atoms with van der Waals surface area (Å²) in [5.74, 6) is -0.282. The highest BCUT2D eigenvalue weighted by Crippen LogP contribution is 2.39. The van der Waals surface area contributed by atoms with Gasteiger partial charge >= 0.3 is 6.16 Å². The molecule has 0 unspecified atom stereocenters. The fourth-order valence-electron chi connectivity index (χ4n) is 4.08. The number of hydrogen-bond acceptors (Lipinski definition) is 7. The molecule has 0 aliphatic carbocycles. The van der Waals surface area contributed by atoms with Crippen LogP contribution in [0.3, 0.4) is 0 Å². The zero-order valence-corrected chi connectivity index (χ0v) is 20.6. The zero-order chi connectivity index (χ0) is 24.1. The minimum absolute atomic E-state index is 0.0827. The lowest BCUT2D eigenvalue weighted by molar-refractivity contribution is -0.144. The molecule has 2 aliphatic heterocycles. The van der Waals surface area contributed by atoms with Crippen molar-refractivity contribution in [1.29, 1.82) is 0 Å². The van der Waals surface area contributed by atoms with E-state index in [2.05, 4.69) is 5.32 Å². The number of hydrogen-bond donors (Lipinski definition) is 2. The lowest BCUT2D eigenvalue weighted by Gasteiger charge is -2.31. The molecule has 6 atom stereocenters. The van der Waals surface area contributed by atoms with E-state index in [4.69, 9.17) is 9.84 Å². The van der Waals surface area contributed by atoms with E-state index in [9.17, 15) is 19.2 Å². The normalized spacial score (nSPS) is 26.6. The maximum atomic E-state index is 13.4. The molecule has 180 valence electrons. The summed E-state index contributed by atoms with van der Waals surface area (Å²) in [4.78, 5) is 52.0. The molecule has 0 radical (unpaired) electrons. The van der Waals surface area contributed by atoms with E-state index in [0.717, 1.165) is 11.8 Å². The van der Waals surface area contributed by atoms with E-state index in [1.165, 1.54) is 16.7 Å². The van der Waals surface area contributed by atoms with Gasteiger partial charge in [-0.1, -0.05) is 69.3 Å². The Balaban J connectivity index is 1.75. The van der Waals surface area contributed by atoms with Gasteiger partial charge in [0.1, 0.15) is 6.04 Å². The molecule has 2 aliphatic rings. The van der Waals surface area contributed by atoms with Gasteiger partial charge in [-0.25, -0.2) is 4.79 Å². The largest absolute Gasteiger partial charge is 0.507 e. The van der Waals surface area contributed by atoms with Gasteiger partial charge in [0.2, 0.25) is 16.9 Å². The Bertz CT molecular complexity index is 883. The smallest absolute Gasteiger partial charge is 0.450 e. The summed E-state index contributed by atoms with van der Waals surface area (Å²) in [5.41, 5.74) is 0.522. The molecular weight excluding hydrogens is 464 g/mol. The second-order valence-corrected chi connectivity index (χ2v) is 10.8. The van der Waals surface area contributed by atoms with Crippen LogP contribution in [0, 0.1) is 11.8 Å². The highest BCUT2D eigenvalue weighted by atomic mass is 32.2. The molecule has 2 N–H and O–H groups in total. The molecule has 8 nitrogen and oxygen atoms in total. The van der Waals surface area contributed by atoms with E-state index in [-0.39, 0.29) is 34.1 Å².